The molecule has 0 saturated carbocycles. The number of carboxylic acids is 1. The van der Waals surface area contributed by atoms with Gasteiger partial charge in [-0.3, -0.25) is 14.9 Å². The molecule has 1 rings (SSSR count). The zero-order chi connectivity index (χ0) is 14.8. The summed E-state index contributed by atoms with van der Waals surface area (Å²) in [5, 5.41) is 19.0. The third-order valence-electron chi connectivity index (χ3n) is 2.28. The highest BCUT2D eigenvalue weighted by atomic mass is 19.4. The largest absolute Gasteiger partial charge is 0.480 e. The molecule has 0 spiro atoms. The number of anilines is 1. The first-order valence-electron chi connectivity index (χ1n) is 4.91. The lowest BCUT2D eigenvalue weighted by Crippen LogP contribution is -2.27. The molecule has 0 aromatic heterocycles. The fourth-order valence-electron chi connectivity index (χ4n) is 1.49. The average Bonchev–Trinajstić information content (AvgIpc) is 2.25. The van der Waals surface area contributed by atoms with E-state index in [2.05, 4.69) is 0 Å². The van der Waals surface area contributed by atoms with E-state index in [1.165, 1.54) is 0 Å². The van der Waals surface area contributed by atoms with Crippen molar-refractivity contribution >= 4 is 17.3 Å². The highest BCUT2D eigenvalue weighted by Gasteiger charge is 2.36. The Bertz CT molecular complexity index is 516. The van der Waals surface area contributed by atoms with Crippen LogP contribution in [0.2, 0.25) is 0 Å². The predicted octanol–water partition coefficient (Wildman–Crippen LogP) is 2.13. The highest BCUT2D eigenvalue weighted by Crippen LogP contribution is 2.38. The van der Waals surface area contributed by atoms with E-state index in [-0.39, 0.29) is 0 Å². The van der Waals surface area contributed by atoms with Gasteiger partial charge < -0.3 is 10.0 Å². The van der Waals surface area contributed by atoms with Crippen LogP contribution >= 0.6 is 0 Å². The SMILES string of the molecule is CN(CC(=O)O)c1ccc([N+](=O)[O-])cc1C(F)(F)F. The standard InChI is InChI=1S/C10H9F3N2O4/c1-14(5-9(16)17)8-3-2-6(15(18)19)4-7(8)10(11,12)13/h2-4H,5H2,1H3,(H,16,17). The second-order valence-corrected chi connectivity index (χ2v) is 3.71. The molecule has 0 bridgehead atoms. The molecule has 0 saturated heterocycles. The minimum Gasteiger partial charge on any atom is -0.480 e. The summed E-state index contributed by atoms with van der Waals surface area (Å²) in [4.78, 5) is 20.9. The average molecular weight is 278 g/mol. The molecular formula is C10H9F3N2O4. The molecule has 1 aromatic rings. The third kappa shape index (κ3) is 3.57. The van der Waals surface area contributed by atoms with Crippen molar-refractivity contribution in [1.82, 2.24) is 0 Å². The van der Waals surface area contributed by atoms with Gasteiger partial charge in [0.2, 0.25) is 0 Å². The lowest BCUT2D eigenvalue weighted by Gasteiger charge is -2.21. The summed E-state index contributed by atoms with van der Waals surface area (Å²) in [6.07, 6.45) is -4.81. The number of carboxylic acid groups (broad SMARTS) is 1. The Labute approximate surface area is 105 Å². The van der Waals surface area contributed by atoms with Gasteiger partial charge in [-0.25, -0.2) is 0 Å². The van der Waals surface area contributed by atoms with Crippen molar-refractivity contribution in [1.29, 1.82) is 0 Å². The molecule has 1 aromatic carbocycles. The predicted molar refractivity (Wildman–Crippen MR) is 59.0 cm³/mol. The summed E-state index contributed by atoms with van der Waals surface area (Å²) in [6.45, 7) is -0.652. The van der Waals surface area contributed by atoms with Crippen LogP contribution in [-0.2, 0) is 11.0 Å². The molecule has 0 amide bonds. The number of nitro groups is 1. The van der Waals surface area contributed by atoms with Crippen molar-refractivity contribution < 1.29 is 28.0 Å². The lowest BCUT2D eigenvalue weighted by atomic mass is 10.1. The monoisotopic (exact) mass is 278 g/mol. The number of halogens is 3. The number of carbonyl (C=O) groups is 1. The summed E-state index contributed by atoms with van der Waals surface area (Å²) in [6, 6.07) is 2.15. The van der Waals surface area contributed by atoms with Crippen molar-refractivity contribution in [2.24, 2.45) is 0 Å². The van der Waals surface area contributed by atoms with Crippen molar-refractivity contribution in [3.8, 4) is 0 Å². The Hall–Kier alpha value is -2.32. The van der Waals surface area contributed by atoms with Gasteiger partial charge in [0, 0.05) is 24.9 Å². The van der Waals surface area contributed by atoms with Crippen LogP contribution in [0.1, 0.15) is 5.56 Å². The van der Waals surface area contributed by atoms with Crippen LogP contribution in [-0.4, -0.2) is 29.6 Å². The van der Waals surface area contributed by atoms with Gasteiger partial charge in [-0.1, -0.05) is 0 Å². The molecule has 0 radical (unpaired) electrons. The van der Waals surface area contributed by atoms with Gasteiger partial charge in [-0.15, -0.1) is 0 Å². The van der Waals surface area contributed by atoms with Crippen LogP contribution in [0.3, 0.4) is 0 Å². The molecule has 0 aliphatic carbocycles. The van der Waals surface area contributed by atoms with Crippen LogP contribution in [0.5, 0.6) is 0 Å². The number of aliphatic carboxylic acids is 1. The van der Waals surface area contributed by atoms with Crippen molar-refractivity contribution in [3.05, 3.63) is 33.9 Å². The summed E-state index contributed by atoms with van der Waals surface area (Å²) >= 11 is 0. The first kappa shape index (κ1) is 14.7. The summed E-state index contributed by atoms with van der Waals surface area (Å²) in [7, 11) is 1.16. The number of alkyl halides is 3. The highest BCUT2D eigenvalue weighted by molar-refractivity contribution is 5.74. The second kappa shape index (κ2) is 5.12. The molecule has 104 valence electrons. The van der Waals surface area contributed by atoms with Gasteiger partial charge >= 0.3 is 12.1 Å². The minimum absolute atomic E-state index is 0.383. The van der Waals surface area contributed by atoms with Gasteiger partial charge in [-0.2, -0.15) is 13.2 Å². The van der Waals surface area contributed by atoms with E-state index in [1.54, 1.807) is 0 Å². The number of hydrogen-bond acceptors (Lipinski definition) is 4. The van der Waals surface area contributed by atoms with E-state index >= 15 is 0 Å². The molecule has 6 nitrogen and oxygen atoms in total. The number of non-ortho nitro benzene ring substituents is 1. The van der Waals surface area contributed by atoms with E-state index in [4.69, 9.17) is 5.11 Å². The van der Waals surface area contributed by atoms with E-state index in [1.807, 2.05) is 0 Å². The van der Waals surface area contributed by atoms with Gasteiger partial charge in [0.1, 0.15) is 6.54 Å². The number of likely N-dealkylation sites (N-methyl/N-ethyl adjacent to an activating group) is 1. The Morgan fingerprint density at radius 2 is 2.05 bits per heavy atom. The maximum Gasteiger partial charge on any atom is 0.418 e. The zero-order valence-electron chi connectivity index (χ0n) is 9.64. The summed E-state index contributed by atoms with van der Waals surface area (Å²) < 4.78 is 38.4. The molecule has 0 fully saturated rings. The van der Waals surface area contributed by atoms with Crippen LogP contribution in [0.15, 0.2) is 18.2 Å². The summed E-state index contributed by atoms with van der Waals surface area (Å²) in [5.41, 5.74) is -2.38. The second-order valence-electron chi connectivity index (χ2n) is 3.71. The molecular weight excluding hydrogens is 269 g/mol. The van der Waals surface area contributed by atoms with Gasteiger partial charge in [0.15, 0.2) is 0 Å². The minimum atomic E-state index is -4.81. The molecule has 0 aliphatic rings. The van der Waals surface area contributed by atoms with E-state index in [0.29, 0.717) is 6.07 Å². The molecule has 0 heterocycles. The maximum atomic E-state index is 12.8. The topological polar surface area (TPSA) is 83.7 Å². The number of benzene rings is 1. The van der Waals surface area contributed by atoms with Crippen LogP contribution in [0, 0.1) is 10.1 Å². The third-order valence-corrected chi connectivity index (χ3v) is 2.28. The van der Waals surface area contributed by atoms with Crippen molar-refractivity contribution in [3.63, 3.8) is 0 Å². The molecule has 9 heteroatoms. The molecule has 0 atom stereocenters. The van der Waals surface area contributed by atoms with E-state index in [0.717, 1.165) is 24.1 Å². The smallest absolute Gasteiger partial charge is 0.418 e. The van der Waals surface area contributed by atoms with E-state index < -0.39 is 40.6 Å². The fraction of sp³-hybridized carbons (Fsp3) is 0.300. The Morgan fingerprint density at radius 1 is 1.47 bits per heavy atom. The van der Waals surface area contributed by atoms with Crippen molar-refractivity contribution in [2.75, 3.05) is 18.5 Å². The number of rotatable bonds is 4. The first-order valence-corrected chi connectivity index (χ1v) is 4.91. The Balaban J connectivity index is 3.31. The number of nitrogens with zero attached hydrogens (tertiary/aromatic N) is 2. The van der Waals surface area contributed by atoms with Crippen LogP contribution < -0.4 is 4.90 Å². The maximum absolute atomic E-state index is 12.8. The van der Waals surface area contributed by atoms with Crippen molar-refractivity contribution in [2.45, 2.75) is 6.18 Å². The molecule has 0 aliphatic heterocycles. The quantitative estimate of drug-likeness (QED) is 0.673. The normalized spacial score (nSPS) is 11.2. The van der Waals surface area contributed by atoms with Gasteiger partial charge in [0.05, 0.1) is 10.5 Å². The Kier molecular flexibility index (Phi) is 3.98. The number of nitro benzene ring substituents is 1. The summed E-state index contributed by atoms with van der Waals surface area (Å²) in [5.74, 6) is -1.31. The lowest BCUT2D eigenvalue weighted by molar-refractivity contribution is -0.385. The first-order chi connectivity index (χ1) is 8.62. The van der Waals surface area contributed by atoms with Gasteiger partial charge in [-0.05, 0) is 6.07 Å². The van der Waals surface area contributed by atoms with Crippen LogP contribution in [0.4, 0.5) is 24.5 Å². The molecule has 1 N–H and O–H groups in total. The van der Waals surface area contributed by atoms with Crippen LogP contribution in [0.25, 0.3) is 0 Å². The number of hydrogen-bond donors (Lipinski definition) is 1. The van der Waals surface area contributed by atoms with E-state index in [9.17, 15) is 28.1 Å². The molecule has 19 heavy (non-hydrogen) atoms. The van der Waals surface area contributed by atoms with Gasteiger partial charge in [0.25, 0.3) is 5.69 Å². The molecule has 0 unspecified atom stereocenters. The zero-order valence-corrected chi connectivity index (χ0v) is 9.64. The Morgan fingerprint density at radius 3 is 2.47 bits per heavy atom. The fourth-order valence-corrected chi connectivity index (χ4v) is 1.49.